The summed E-state index contributed by atoms with van der Waals surface area (Å²) in [4.78, 5) is 2.34. The van der Waals surface area contributed by atoms with Crippen LogP contribution in [-0.4, -0.2) is 48.5 Å². The highest BCUT2D eigenvalue weighted by atomic mass is 16.5. The lowest BCUT2D eigenvalue weighted by Gasteiger charge is -2.35. The molecule has 0 aliphatic carbocycles. The van der Waals surface area contributed by atoms with Crippen molar-refractivity contribution in [3.8, 4) is 0 Å². The van der Waals surface area contributed by atoms with Crippen molar-refractivity contribution in [2.24, 2.45) is 5.92 Å². The molecule has 3 heteroatoms. The first-order valence-corrected chi connectivity index (χ1v) is 5.77. The Balaban J connectivity index is 1.94. The molecule has 1 unspecified atom stereocenters. The Labute approximate surface area is 86.0 Å². The van der Waals surface area contributed by atoms with Gasteiger partial charge in [0.2, 0.25) is 0 Å². The number of nitrogens with zero attached hydrogens (tertiary/aromatic N) is 1. The topological polar surface area (TPSA) is 32.7 Å². The second-order valence-electron chi connectivity index (χ2n) is 4.61. The lowest BCUT2D eigenvalue weighted by molar-refractivity contribution is -0.0577. The maximum Gasteiger partial charge on any atom is 0.0815 e. The van der Waals surface area contributed by atoms with Crippen LogP contribution in [0.1, 0.15) is 26.2 Å². The fourth-order valence-electron chi connectivity index (χ4n) is 2.74. The molecule has 2 heterocycles. The Morgan fingerprint density at radius 3 is 2.71 bits per heavy atom. The molecule has 0 aromatic heterocycles. The zero-order chi connectivity index (χ0) is 10.0. The molecule has 0 bridgehead atoms. The van der Waals surface area contributed by atoms with Crippen molar-refractivity contribution in [3.05, 3.63) is 0 Å². The highest BCUT2D eigenvalue weighted by Crippen LogP contribution is 2.34. The Hall–Kier alpha value is -0.120. The largest absolute Gasteiger partial charge is 0.388 e. The molecule has 82 valence electrons. The van der Waals surface area contributed by atoms with Crippen LogP contribution in [-0.2, 0) is 4.74 Å². The molecule has 3 nitrogen and oxygen atoms in total. The molecular weight excluding hydrogens is 178 g/mol. The van der Waals surface area contributed by atoms with Crippen LogP contribution < -0.4 is 0 Å². The number of rotatable bonds is 2. The minimum atomic E-state index is -0.417. The van der Waals surface area contributed by atoms with Crippen molar-refractivity contribution in [1.82, 2.24) is 4.90 Å². The van der Waals surface area contributed by atoms with Crippen LogP contribution in [0.3, 0.4) is 0 Å². The van der Waals surface area contributed by atoms with Crippen molar-refractivity contribution in [3.63, 3.8) is 0 Å². The van der Waals surface area contributed by atoms with Crippen LogP contribution >= 0.6 is 0 Å². The standard InChI is InChI=1S/C11H21NO2/c1-2-12-6-5-11(13,9-12)10-3-7-14-8-4-10/h10,13H,2-9H2,1H3. The summed E-state index contributed by atoms with van der Waals surface area (Å²) in [5.41, 5.74) is -0.417. The molecule has 2 fully saturated rings. The first kappa shape index (κ1) is 10.4. The molecule has 2 aliphatic rings. The second-order valence-corrected chi connectivity index (χ2v) is 4.61. The van der Waals surface area contributed by atoms with Crippen molar-refractivity contribution >= 4 is 0 Å². The molecule has 2 aliphatic heterocycles. The van der Waals surface area contributed by atoms with E-state index >= 15 is 0 Å². The number of β-amino-alcohol motifs (C(OH)–C–C–N with tert-alkyl or cyclic N) is 1. The van der Waals surface area contributed by atoms with Gasteiger partial charge in [0, 0.05) is 26.3 Å². The summed E-state index contributed by atoms with van der Waals surface area (Å²) in [5, 5.41) is 10.5. The van der Waals surface area contributed by atoms with E-state index in [1.165, 1.54) is 0 Å². The quantitative estimate of drug-likeness (QED) is 0.716. The van der Waals surface area contributed by atoms with Crippen LogP contribution in [0.2, 0.25) is 0 Å². The zero-order valence-corrected chi connectivity index (χ0v) is 9.04. The molecule has 2 rings (SSSR count). The third-order valence-electron chi connectivity index (χ3n) is 3.79. The van der Waals surface area contributed by atoms with Gasteiger partial charge in [-0.3, -0.25) is 0 Å². The average molecular weight is 199 g/mol. The van der Waals surface area contributed by atoms with Gasteiger partial charge in [-0.2, -0.15) is 0 Å². The summed E-state index contributed by atoms with van der Waals surface area (Å²) >= 11 is 0. The predicted molar refractivity (Wildman–Crippen MR) is 55.2 cm³/mol. The summed E-state index contributed by atoms with van der Waals surface area (Å²) in [7, 11) is 0. The normalized spacial score (nSPS) is 36.4. The summed E-state index contributed by atoms with van der Waals surface area (Å²) in [6.07, 6.45) is 3.02. The van der Waals surface area contributed by atoms with Gasteiger partial charge in [0.15, 0.2) is 0 Å². The van der Waals surface area contributed by atoms with E-state index in [0.717, 1.165) is 52.1 Å². The molecule has 0 saturated carbocycles. The van der Waals surface area contributed by atoms with Crippen LogP contribution in [0.25, 0.3) is 0 Å². The molecule has 0 amide bonds. The van der Waals surface area contributed by atoms with Crippen molar-refractivity contribution < 1.29 is 9.84 Å². The lowest BCUT2D eigenvalue weighted by atomic mass is 9.81. The van der Waals surface area contributed by atoms with E-state index in [1.807, 2.05) is 0 Å². The predicted octanol–water partition coefficient (Wildman–Crippen LogP) is 0.870. The highest BCUT2D eigenvalue weighted by Gasteiger charge is 2.42. The third-order valence-corrected chi connectivity index (χ3v) is 3.79. The molecule has 1 atom stereocenters. The molecule has 2 saturated heterocycles. The molecule has 0 aromatic carbocycles. The van der Waals surface area contributed by atoms with Gasteiger partial charge in [-0.25, -0.2) is 0 Å². The first-order valence-electron chi connectivity index (χ1n) is 5.77. The Morgan fingerprint density at radius 1 is 1.43 bits per heavy atom. The van der Waals surface area contributed by atoms with Gasteiger partial charge in [-0.1, -0.05) is 6.92 Å². The maximum atomic E-state index is 10.5. The van der Waals surface area contributed by atoms with Crippen molar-refractivity contribution in [2.45, 2.75) is 31.8 Å². The third kappa shape index (κ3) is 1.95. The van der Waals surface area contributed by atoms with E-state index in [1.54, 1.807) is 0 Å². The van der Waals surface area contributed by atoms with E-state index in [0.29, 0.717) is 5.92 Å². The Bertz CT molecular complexity index is 192. The molecule has 1 N–H and O–H groups in total. The van der Waals surface area contributed by atoms with Gasteiger partial charge in [-0.05, 0) is 31.7 Å². The first-order chi connectivity index (χ1) is 6.74. The van der Waals surface area contributed by atoms with Crippen LogP contribution in [0.4, 0.5) is 0 Å². The van der Waals surface area contributed by atoms with E-state index in [-0.39, 0.29) is 0 Å². The summed E-state index contributed by atoms with van der Waals surface area (Å²) in [6, 6.07) is 0. The zero-order valence-electron chi connectivity index (χ0n) is 9.04. The monoisotopic (exact) mass is 199 g/mol. The van der Waals surface area contributed by atoms with E-state index in [4.69, 9.17) is 4.74 Å². The van der Waals surface area contributed by atoms with Gasteiger partial charge in [0.25, 0.3) is 0 Å². The fourth-order valence-corrected chi connectivity index (χ4v) is 2.74. The van der Waals surface area contributed by atoms with Gasteiger partial charge in [-0.15, -0.1) is 0 Å². The fraction of sp³-hybridized carbons (Fsp3) is 1.00. The van der Waals surface area contributed by atoms with Crippen LogP contribution in [0.5, 0.6) is 0 Å². The molecule has 0 aromatic rings. The summed E-state index contributed by atoms with van der Waals surface area (Å²) in [5.74, 6) is 0.466. The second kappa shape index (κ2) is 4.17. The van der Waals surface area contributed by atoms with E-state index < -0.39 is 5.60 Å². The summed E-state index contributed by atoms with van der Waals surface area (Å²) in [6.45, 7) is 6.82. The Kier molecular flexibility index (Phi) is 3.10. The smallest absolute Gasteiger partial charge is 0.0815 e. The number of hydrogen-bond acceptors (Lipinski definition) is 3. The van der Waals surface area contributed by atoms with Crippen molar-refractivity contribution in [2.75, 3.05) is 32.8 Å². The molecule has 0 radical (unpaired) electrons. The Morgan fingerprint density at radius 2 is 2.14 bits per heavy atom. The van der Waals surface area contributed by atoms with E-state index in [2.05, 4.69) is 11.8 Å². The maximum absolute atomic E-state index is 10.5. The van der Waals surface area contributed by atoms with E-state index in [9.17, 15) is 5.11 Å². The number of hydrogen-bond donors (Lipinski definition) is 1. The molecule has 0 spiro atoms. The number of likely N-dealkylation sites (N-methyl/N-ethyl adjacent to an activating group) is 1. The van der Waals surface area contributed by atoms with Gasteiger partial charge < -0.3 is 14.7 Å². The minimum Gasteiger partial charge on any atom is -0.388 e. The highest BCUT2D eigenvalue weighted by molar-refractivity contribution is 4.95. The van der Waals surface area contributed by atoms with Crippen molar-refractivity contribution in [1.29, 1.82) is 0 Å². The molecular formula is C11H21NO2. The van der Waals surface area contributed by atoms with Gasteiger partial charge >= 0.3 is 0 Å². The SMILES string of the molecule is CCN1CCC(O)(C2CCOCC2)C1. The van der Waals surface area contributed by atoms with Crippen LogP contribution in [0.15, 0.2) is 0 Å². The van der Waals surface area contributed by atoms with Crippen LogP contribution in [0, 0.1) is 5.92 Å². The number of aliphatic hydroxyl groups is 1. The average Bonchev–Trinajstić information content (AvgIpc) is 2.63. The number of ether oxygens (including phenoxy) is 1. The van der Waals surface area contributed by atoms with Gasteiger partial charge in [0.1, 0.15) is 0 Å². The minimum absolute atomic E-state index is 0.417. The summed E-state index contributed by atoms with van der Waals surface area (Å²) < 4.78 is 5.33. The molecule has 14 heavy (non-hydrogen) atoms. The van der Waals surface area contributed by atoms with Gasteiger partial charge in [0.05, 0.1) is 5.60 Å². The lowest BCUT2D eigenvalue weighted by Crippen LogP contribution is -2.43. The number of likely N-dealkylation sites (tertiary alicyclic amines) is 1.